The van der Waals surface area contributed by atoms with Crippen molar-refractivity contribution in [2.75, 3.05) is 4.90 Å². The standard InChI is InChI=1S/C43H28N4O/c1-5-14-29(15-6-1)41-44-42(30-16-7-2-8-17-30)46-43(45-41)31-24-25-34-35-22-13-23-36-37(26-27-38(40(35)36)48-39(34)28-31)47(32-18-9-3-10-19-32)33-20-11-4-12-21-33/h1-28H. The van der Waals surface area contributed by atoms with Gasteiger partial charge in [-0.3, -0.25) is 0 Å². The highest BCUT2D eigenvalue weighted by Crippen LogP contribution is 2.51. The molecule has 226 valence electrons. The van der Waals surface area contributed by atoms with Crippen LogP contribution in [-0.2, 0) is 0 Å². The minimum absolute atomic E-state index is 0.592. The number of fused-ring (bicyclic) bond motifs is 2. The second-order valence-corrected chi connectivity index (χ2v) is 11.7. The van der Waals surface area contributed by atoms with Crippen LogP contribution in [0.5, 0.6) is 11.5 Å². The molecule has 48 heavy (non-hydrogen) atoms. The number of nitrogens with zero attached hydrogens (tertiary/aromatic N) is 4. The second kappa shape index (κ2) is 11.6. The van der Waals surface area contributed by atoms with Crippen LogP contribution in [0.2, 0.25) is 0 Å². The molecule has 9 rings (SSSR count). The van der Waals surface area contributed by atoms with E-state index < -0.39 is 0 Å². The van der Waals surface area contributed by atoms with E-state index in [1.165, 1.54) is 0 Å². The zero-order valence-electron chi connectivity index (χ0n) is 25.9. The molecule has 0 N–H and O–H groups in total. The first-order valence-corrected chi connectivity index (χ1v) is 16.0. The summed E-state index contributed by atoms with van der Waals surface area (Å²) in [5.74, 6) is 3.44. The van der Waals surface area contributed by atoms with E-state index in [-0.39, 0.29) is 0 Å². The van der Waals surface area contributed by atoms with Gasteiger partial charge in [-0.1, -0.05) is 121 Å². The van der Waals surface area contributed by atoms with Crippen LogP contribution in [0.3, 0.4) is 0 Å². The summed E-state index contributed by atoms with van der Waals surface area (Å²) in [6.45, 7) is 0. The summed E-state index contributed by atoms with van der Waals surface area (Å²) in [6.07, 6.45) is 0. The highest BCUT2D eigenvalue weighted by molar-refractivity contribution is 6.10. The summed E-state index contributed by atoms with van der Waals surface area (Å²) in [4.78, 5) is 17.0. The molecule has 1 aliphatic rings. The van der Waals surface area contributed by atoms with Gasteiger partial charge < -0.3 is 9.64 Å². The van der Waals surface area contributed by atoms with Gasteiger partial charge in [-0.25, -0.2) is 15.0 Å². The van der Waals surface area contributed by atoms with Gasteiger partial charge in [0.15, 0.2) is 17.5 Å². The molecule has 7 aromatic carbocycles. The zero-order chi connectivity index (χ0) is 31.9. The molecular formula is C43H28N4O. The van der Waals surface area contributed by atoms with Crippen molar-refractivity contribution in [2.24, 2.45) is 0 Å². The van der Waals surface area contributed by atoms with Gasteiger partial charge in [0, 0.05) is 44.4 Å². The number of benzene rings is 7. The van der Waals surface area contributed by atoms with Gasteiger partial charge in [-0.05, 0) is 54.1 Å². The first kappa shape index (κ1) is 27.7. The summed E-state index contributed by atoms with van der Waals surface area (Å²) >= 11 is 0. The lowest BCUT2D eigenvalue weighted by Gasteiger charge is -2.29. The molecule has 0 amide bonds. The van der Waals surface area contributed by atoms with Crippen LogP contribution in [0.4, 0.5) is 17.1 Å². The molecule has 0 saturated heterocycles. The fraction of sp³-hybridized carbons (Fsp3) is 0. The van der Waals surface area contributed by atoms with Gasteiger partial charge >= 0.3 is 0 Å². The van der Waals surface area contributed by atoms with E-state index in [4.69, 9.17) is 19.7 Å². The predicted octanol–water partition coefficient (Wildman–Crippen LogP) is 11.3. The monoisotopic (exact) mass is 616 g/mol. The molecular weight excluding hydrogens is 589 g/mol. The lowest BCUT2D eigenvalue weighted by molar-refractivity contribution is 0.487. The lowest BCUT2D eigenvalue weighted by Crippen LogP contribution is -2.11. The topological polar surface area (TPSA) is 51.1 Å². The van der Waals surface area contributed by atoms with E-state index in [0.717, 1.165) is 67.2 Å². The Hall–Kier alpha value is -6.59. The van der Waals surface area contributed by atoms with Crippen LogP contribution in [0, 0.1) is 0 Å². The smallest absolute Gasteiger partial charge is 0.164 e. The quantitative estimate of drug-likeness (QED) is 0.186. The zero-order valence-corrected chi connectivity index (χ0v) is 25.9. The molecule has 0 bridgehead atoms. The SMILES string of the molecule is c1ccc(-c2nc(-c3ccccc3)nc(-c3ccc4c(c3)Oc3ccc(N(c5ccccc5)c5ccccc5)c5cccc-4c35)n2)cc1. The van der Waals surface area contributed by atoms with Crippen molar-refractivity contribution >= 4 is 27.8 Å². The molecule has 0 unspecified atom stereocenters. The van der Waals surface area contributed by atoms with E-state index in [2.05, 4.69) is 95.9 Å². The Balaban J connectivity index is 1.18. The maximum absolute atomic E-state index is 6.70. The van der Waals surface area contributed by atoms with Gasteiger partial charge in [0.25, 0.3) is 0 Å². The molecule has 5 heteroatoms. The number of anilines is 3. The number of hydrogen-bond donors (Lipinski definition) is 0. The van der Waals surface area contributed by atoms with E-state index in [0.29, 0.717) is 17.5 Å². The number of ether oxygens (including phenoxy) is 1. The third-order valence-electron chi connectivity index (χ3n) is 8.70. The normalized spacial score (nSPS) is 11.5. The molecule has 0 spiro atoms. The lowest BCUT2D eigenvalue weighted by atomic mass is 9.92. The van der Waals surface area contributed by atoms with Crippen molar-refractivity contribution in [3.05, 3.63) is 170 Å². The van der Waals surface area contributed by atoms with E-state index >= 15 is 0 Å². The summed E-state index contributed by atoms with van der Waals surface area (Å²) in [7, 11) is 0. The van der Waals surface area contributed by atoms with Crippen molar-refractivity contribution in [1.29, 1.82) is 0 Å². The van der Waals surface area contributed by atoms with E-state index in [1.807, 2.05) is 78.9 Å². The molecule has 0 fully saturated rings. The van der Waals surface area contributed by atoms with Gasteiger partial charge in [0.05, 0.1) is 5.69 Å². The largest absolute Gasteiger partial charge is 0.456 e. The highest BCUT2D eigenvalue weighted by Gasteiger charge is 2.25. The van der Waals surface area contributed by atoms with Crippen molar-refractivity contribution in [3.8, 4) is 56.8 Å². The minimum atomic E-state index is 0.592. The van der Waals surface area contributed by atoms with Crippen LogP contribution < -0.4 is 9.64 Å². The molecule has 0 atom stereocenters. The average molecular weight is 617 g/mol. The molecule has 5 nitrogen and oxygen atoms in total. The van der Waals surface area contributed by atoms with E-state index in [9.17, 15) is 0 Å². The molecule has 8 aromatic rings. The Labute approximate surface area is 278 Å². The van der Waals surface area contributed by atoms with Gasteiger partial charge in [-0.2, -0.15) is 0 Å². The molecule has 0 aliphatic carbocycles. The highest BCUT2D eigenvalue weighted by atomic mass is 16.5. The van der Waals surface area contributed by atoms with Crippen molar-refractivity contribution in [2.45, 2.75) is 0 Å². The van der Waals surface area contributed by atoms with Crippen LogP contribution in [-0.4, -0.2) is 15.0 Å². The fourth-order valence-corrected chi connectivity index (χ4v) is 6.47. The van der Waals surface area contributed by atoms with Crippen molar-refractivity contribution < 1.29 is 4.74 Å². The Morgan fingerprint density at radius 3 is 1.52 bits per heavy atom. The van der Waals surface area contributed by atoms with Crippen LogP contribution in [0.1, 0.15) is 0 Å². The Bertz CT molecular complexity index is 2320. The van der Waals surface area contributed by atoms with E-state index in [1.54, 1.807) is 0 Å². The van der Waals surface area contributed by atoms with Crippen molar-refractivity contribution in [3.63, 3.8) is 0 Å². The number of aromatic nitrogens is 3. The Morgan fingerprint density at radius 2 is 0.938 bits per heavy atom. The van der Waals surface area contributed by atoms with Gasteiger partial charge in [0.2, 0.25) is 0 Å². The average Bonchev–Trinajstić information content (AvgIpc) is 3.17. The number of rotatable bonds is 6. The first-order valence-electron chi connectivity index (χ1n) is 16.0. The Kier molecular flexibility index (Phi) is 6.72. The Morgan fingerprint density at radius 1 is 0.396 bits per heavy atom. The second-order valence-electron chi connectivity index (χ2n) is 11.7. The van der Waals surface area contributed by atoms with Crippen LogP contribution in [0.15, 0.2) is 170 Å². The van der Waals surface area contributed by atoms with Gasteiger partial charge in [0.1, 0.15) is 11.5 Å². The molecule has 0 radical (unpaired) electrons. The number of hydrogen-bond acceptors (Lipinski definition) is 5. The summed E-state index contributed by atoms with van der Waals surface area (Å²) < 4.78 is 6.70. The summed E-state index contributed by atoms with van der Waals surface area (Å²) in [5.41, 5.74) is 8.15. The molecule has 2 heterocycles. The third-order valence-corrected chi connectivity index (χ3v) is 8.70. The van der Waals surface area contributed by atoms with Crippen molar-refractivity contribution in [1.82, 2.24) is 15.0 Å². The maximum Gasteiger partial charge on any atom is 0.164 e. The van der Waals surface area contributed by atoms with Crippen LogP contribution >= 0.6 is 0 Å². The van der Waals surface area contributed by atoms with Crippen LogP contribution in [0.25, 0.3) is 56.1 Å². The molecule has 1 aromatic heterocycles. The fourth-order valence-electron chi connectivity index (χ4n) is 6.47. The first-order chi connectivity index (χ1) is 23.8. The molecule has 1 aliphatic heterocycles. The number of para-hydroxylation sites is 2. The third kappa shape index (κ3) is 4.86. The van der Waals surface area contributed by atoms with Gasteiger partial charge in [-0.15, -0.1) is 0 Å². The summed E-state index contributed by atoms with van der Waals surface area (Å²) in [6, 6.07) is 58.0. The minimum Gasteiger partial charge on any atom is -0.456 e. The molecule has 0 saturated carbocycles. The summed E-state index contributed by atoms with van der Waals surface area (Å²) in [5, 5.41) is 2.20. The maximum atomic E-state index is 6.70. The predicted molar refractivity (Wildman–Crippen MR) is 194 cm³/mol.